The number of nitrogens with zero attached hydrogens (tertiary/aromatic N) is 3. The molecule has 1 heterocycles. The van der Waals surface area contributed by atoms with Gasteiger partial charge in [0, 0.05) is 12.1 Å². The van der Waals surface area contributed by atoms with Crippen molar-refractivity contribution in [3.05, 3.63) is 62.2 Å². The molecule has 3 aromatic rings. The minimum Gasteiger partial charge on any atom is -0.505 e. The fraction of sp³-hybridized carbons (Fsp3) is 0.0625. The lowest BCUT2D eigenvalue weighted by Gasteiger charge is -2.08. The van der Waals surface area contributed by atoms with E-state index in [1.807, 2.05) is 12.1 Å². The topological polar surface area (TPSA) is 70.9 Å². The Hall–Kier alpha value is -1.79. The summed E-state index contributed by atoms with van der Waals surface area (Å²) in [5.41, 5.74) is 1.88. The number of phenols is 1. The van der Waals surface area contributed by atoms with Crippen molar-refractivity contribution in [2.75, 3.05) is 5.32 Å². The van der Waals surface area contributed by atoms with Crippen molar-refractivity contribution in [3.63, 3.8) is 0 Å². The minimum atomic E-state index is -0.176. The van der Waals surface area contributed by atoms with Crippen LogP contribution in [0.1, 0.15) is 5.56 Å². The SMILES string of the molecule is Oc1c(Cl)cc(-c2cnc(NCc3cccc(Cl)c3Cl)nn2)cc1Cl. The summed E-state index contributed by atoms with van der Waals surface area (Å²) >= 11 is 23.9. The largest absolute Gasteiger partial charge is 0.505 e. The molecule has 9 heteroatoms. The highest BCUT2D eigenvalue weighted by Crippen LogP contribution is 2.35. The van der Waals surface area contributed by atoms with Gasteiger partial charge >= 0.3 is 0 Å². The van der Waals surface area contributed by atoms with Gasteiger partial charge in [0.2, 0.25) is 5.95 Å². The molecule has 25 heavy (non-hydrogen) atoms. The molecule has 0 atom stereocenters. The van der Waals surface area contributed by atoms with Crippen LogP contribution in [-0.2, 0) is 6.54 Å². The molecule has 2 N–H and O–H groups in total. The predicted molar refractivity (Wildman–Crippen MR) is 101 cm³/mol. The second-order valence-corrected chi connectivity index (χ2v) is 6.62. The van der Waals surface area contributed by atoms with Crippen molar-refractivity contribution in [2.45, 2.75) is 6.54 Å². The Kier molecular flexibility index (Phi) is 5.49. The summed E-state index contributed by atoms with van der Waals surface area (Å²) in [5.74, 6) is 0.153. The Morgan fingerprint density at radius 3 is 2.32 bits per heavy atom. The Morgan fingerprint density at radius 2 is 1.68 bits per heavy atom. The van der Waals surface area contributed by atoms with E-state index in [0.717, 1.165) is 5.56 Å². The van der Waals surface area contributed by atoms with Crippen LogP contribution in [0.5, 0.6) is 5.75 Å². The summed E-state index contributed by atoms with van der Waals surface area (Å²) in [4.78, 5) is 4.19. The molecular weight excluding hydrogens is 406 g/mol. The fourth-order valence-electron chi connectivity index (χ4n) is 2.06. The van der Waals surface area contributed by atoms with Crippen molar-refractivity contribution in [2.24, 2.45) is 0 Å². The molecule has 0 amide bonds. The van der Waals surface area contributed by atoms with Crippen LogP contribution in [-0.4, -0.2) is 20.3 Å². The number of nitrogens with one attached hydrogen (secondary N) is 1. The summed E-state index contributed by atoms with van der Waals surface area (Å²) < 4.78 is 0. The summed E-state index contributed by atoms with van der Waals surface area (Å²) in [5, 5.41) is 21.9. The second kappa shape index (κ2) is 7.62. The van der Waals surface area contributed by atoms with Gasteiger partial charge in [0.1, 0.15) is 5.69 Å². The Bertz CT molecular complexity index is 896. The van der Waals surface area contributed by atoms with Gasteiger partial charge < -0.3 is 10.4 Å². The fourth-order valence-corrected chi connectivity index (χ4v) is 2.94. The predicted octanol–water partition coefficient (Wildman–Crippen LogP) is 5.47. The van der Waals surface area contributed by atoms with E-state index in [0.29, 0.717) is 33.8 Å². The number of benzene rings is 2. The van der Waals surface area contributed by atoms with Gasteiger partial charge in [0.25, 0.3) is 0 Å². The van der Waals surface area contributed by atoms with Gasteiger partial charge in [-0.15, -0.1) is 10.2 Å². The van der Waals surface area contributed by atoms with E-state index in [-0.39, 0.29) is 15.8 Å². The maximum atomic E-state index is 9.60. The number of rotatable bonds is 4. The second-order valence-electron chi connectivity index (χ2n) is 5.02. The van der Waals surface area contributed by atoms with Crippen molar-refractivity contribution in [3.8, 4) is 17.0 Å². The molecule has 2 aromatic carbocycles. The minimum absolute atomic E-state index is 0.127. The molecule has 128 valence electrons. The average Bonchev–Trinajstić information content (AvgIpc) is 2.61. The first-order valence-electron chi connectivity index (χ1n) is 7.00. The molecule has 5 nitrogen and oxygen atoms in total. The molecule has 0 bridgehead atoms. The van der Waals surface area contributed by atoms with Crippen LogP contribution in [0.2, 0.25) is 20.1 Å². The molecule has 0 saturated heterocycles. The van der Waals surface area contributed by atoms with E-state index >= 15 is 0 Å². The van der Waals surface area contributed by atoms with Gasteiger partial charge in [-0.3, -0.25) is 0 Å². The number of hydrogen-bond acceptors (Lipinski definition) is 5. The molecule has 3 rings (SSSR count). The summed E-state index contributed by atoms with van der Waals surface area (Å²) in [7, 11) is 0. The van der Waals surface area contributed by atoms with Crippen LogP contribution < -0.4 is 5.32 Å². The van der Waals surface area contributed by atoms with Crippen LogP contribution in [0.4, 0.5) is 5.95 Å². The maximum Gasteiger partial charge on any atom is 0.242 e. The van der Waals surface area contributed by atoms with Gasteiger partial charge in [-0.2, -0.15) is 0 Å². The molecule has 1 aromatic heterocycles. The van der Waals surface area contributed by atoms with Gasteiger partial charge in [-0.05, 0) is 23.8 Å². The first-order valence-corrected chi connectivity index (χ1v) is 8.51. The highest BCUT2D eigenvalue weighted by Gasteiger charge is 2.10. The highest BCUT2D eigenvalue weighted by molar-refractivity contribution is 6.42. The quantitative estimate of drug-likeness (QED) is 0.591. The standard InChI is InChI=1S/C16H10Cl4N4O/c17-10-3-1-2-8(14(10)20)6-21-16-22-7-13(23-24-16)9-4-11(18)15(25)12(19)5-9/h1-5,7,25H,6H2,(H,21,22,24). The molecule has 0 unspecified atom stereocenters. The van der Waals surface area contributed by atoms with Crippen LogP contribution in [0, 0.1) is 0 Å². The maximum absolute atomic E-state index is 9.60. The van der Waals surface area contributed by atoms with Crippen LogP contribution in [0.25, 0.3) is 11.3 Å². The number of anilines is 1. The van der Waals surface area contributed by atoms with Crippen LogP contribution >= 0.6 is 46.4 Å². The van der Waals surface area contributed by atoms with Gasteiger partial charge in [-0.1, -0.05) is 58.5 Å². The summed E-state index contributed by atoms with van der Waals surface area (Å²) in [6, 6.07) is 8.45. The Morgan fingerprint density at radius 1 is 0.960 bits per heavy atom. The number of hydrogen-bond donors (Lipinski definition) is 2. The van der Waals surface area contributed by atoms with Gasteiger partial charge in [-0.25, -0.2) is 4.98 Å². The Balaban J connectivity index is 1.75. The number of aromatic hydroxyl groups is 1. The van der Waals surface area contributed by atoms with Crippen LogP contribution in [0.3, 0.4) is 0 Å². The van der Waals surface area contributed by atoms with E-state index in [1.54, 1.807) is 6.07 Å². The van der Waals surface area contributed by atoms with Gasteiger partial charge in [0.15, 0.2) is 5.75 Å². The normalized spacial score (nSPS) is 10.7. The lowest BCUT2D eigenvalue weighted by atomic mass is 10.1. The lowest BCUT2D eigenvalue weighted by Crippen LogP contribution is -2.05. The van der Waals surface area contributed by atoms with Crippen molar-refractivity contribution < 1.29 is 5.11 Å². The van der Waals surface area contributed by atoms with Crippen molar-refractivity contribution >= 4 is 52.4 Å². The monoisotopic (exact) mass is 414 g/mol. The Labute approximate surface area is 163 Å². The first-order chi connectivity index (χ1) is 12.0. The lowest BCUT2D eigenvalue weighted by molar-refractivity contribution is 0.476. The number of halogens is 4. The highest BCUT2D eigenvalue weighted by atomic mass is 35.5. The molecule has 0 aliphatic heterocycles. The molecule has 0 saturated carbocycles. The van der Waals surface area contributed by atoms with Crippen molar-refractivity contribution in [1.29, 1.82) is 0 Å². The van der Waals surface area contributed by atoms with Gasteiger partial charge in [0.05, 0.1) is 26.3 Å². The molecular formula is C16H10Cl4N4O. The van der Waals surface area contributed by atoms with E-state index in [9.17, 15) is 5.11 Å². The molecule has 0 radical (unpaired) electrons. The third-order valence-corrected chi connectivity index (χ3v) is 4.78. The third kappa shape index (κ3) is 4.07. The van der Waals surface area contributed by atoms with E-state index < -0.39 is 0 Å². The molecule has 0 fully saturated rings. The van der Waals surface area contributed by atoms with E-state index in [1.165, 1.54) is 18.3 Å². The zero-order chi connectivity index (χ0) is 18.0. The zero-order valence-corrected chi connectivity index (χ0v) is 15.5. The smallest absolute Gasteiger partial charge is 0.242 e. The first kappa shape index (κ1) is 18.0. The van der Waals surface area contributed by atoms with Crippen molar-refractivity contribution in [1.82, 2.24) is 15.2 Å². The summed E-state index contributed by atoms with van der Waals surface area (Å²) in [6.07, 6.45) is 1.52. The van der Waals surface area contributed by atoms with Crippen LogP contribution in [0.15, 0.2) is 36.5 Å². The van der Waals surface area contributed by atoms with E-state index in [4.69, 9.17) is 46.4 Å². The molecule has 0 aliphatic carbocycles. The zero-order valence-electron chi connectivity index (χ0n) is 12.5. The summed E-state index contributed by atoms with van der Waals surface area (Å²) in [6.45, 7) is 0.400. The number of aromatic nitrogens is 3. The molecule has 0 spiro atoms. The average molecular weight is 416 g/mol. The third-order valence-electron chi connectivity index (χ3n) is 3.34. The van der Waals surface area contributed by atoms with E-state index in [2.05, 4.69) is 20.5 Å². The molecule has 0 aliphatic rings. The number of phenolic OH excluding ortho intramolecular Hbond substituents is 1.